The lowest BCUT2D eigenvalue weighted by Gasteiger charge is -2.32. The first-order valence-corrected chi connectivity index (χ1v) is 41.0. The van der Waals surface area contributed by atoms with Crippen molar-refractivity contribution in [3.63, 3.8) is 0 Å². The molecule has 0 spiro atoms. The van der Waals surface area contributed by atoms with Crippen LogP contribution in [0.4, 0.5) is 0 Å². The van der Waals surface area contributed by atoms with Crippen molar-refractivity contribution in [2.75, 3.05) is 105 Å². The maximum absolute atomic E-state index is 14.7. The van der Waals surface area contributed by atoms with E-state index in [0.29, 0.717) is 5.69 Å². The Balaban J connectivity index is 1.02. The normalized spacial score (nSPS) is 18.1. The van der Waals surface area contributed by atoms with E-state index < -0.39 is 60.1 Å². The SMILES string of the molecule is Cc1ccc(S(=O)(=O)N2CCCN(S(=O)(=O)c3ccc(C)cc3)CCN(S(=O)(=O)c3ccc(C)cc3)CCCN(Cc3ccnc(CN4CCCN(S(=O)(=O)c5ccc(C)cc5)CCN(S(=O)(=O)c5ccc(C)cc5)CCCN(S(=O)(=O)c5ccc(C)cc5)CC4)c3)CC2)cc1. The van der Waals surface area contributed by atoms with Crippen LogP contribution in [0.15, 0.2) is 193 Å². The first kappa shape index (κ1) is 74.1. The van der Waals surface area contributed by atoms with Gasteiger partial charge < -0.3 is 0 Å². The van der Waals surface area contributed by atoms with Crippen LogP contribution in [0.2, 0.25) is 0 Å². The van der Waals surface area contributed by atoms with Crippen LogP contribution in [-0.4, -0.2) is 196 Å². The number of aryl methyl sites for hydroxylation is 6. The van der Waals surface area contributed by atoms with Crippen LogP contribution in [0.25, 0.3) is 0 Å². The average molecular weight is 1430 g/mol. The van der Waals surface area contributed by atoms with Crippen molar-refractivity contribution in [2.45, 2.75) is 110 Å². The summed E-state index contributed by atoms with van der Waals surface area (Å²) >= 11 is 0. The third-order valence-corrected chi connectivity index (χ3v) is 29.0. The van der Waals surface area contributed by atoms with E-state index in [0.717, 1.165) is 38.9 Å². The highest BCUT2D eigenvalue weighted by atomic mass is 32.2. The first-order valence-electron chi connectivity index (χ1n) is 32.3. The van der Waals surface area contributed by atoms with E-state index in [1.54, 1.807) is 115 Å². The second-order valence-corrected chi connectivity index (χ2v) is 36.6. The first-order chi connectivity index (χ1) is 45.5. The third kappa shape index (κ3) is 18.8. The number of nitrogens with zero attached hydrogens (tertiary/aromatic N) is 9. The van der Waals surface area contributed by atoms with Crippen molar-refractivity contribution < 1.29 is 50.5 Å². The molecule has 96 heavy (non-hydrogen) atoms. The summed E-state index contributed by atoms with van der Waals surface area (Å²) in [6, 6.07) is 42.8. The summed E-state index contributed by atoms with van der Waals surface area (Å²) in [5, 5.41) is 0. The topological polar surface area (TPSA) is 244 Å². The summed E-state index contributed by atoms with van der Waals surface area (Å²) in [7, 11) is -25.0. The van der Waals surface area contributed by atoms with Crippen molar-refractivity contribution >= 4 is 60.1 Å². The van der Waals surface area contributed by atoms with Crippen molar-refractivity contribution in [2.24, 2.45) is 0 Å². The van der Waals surface area contributed by atoms with Crippen molar-refractivity contribution in [1.29, 1.82) is 0 Å². The predicted molar refractivity (Wildman–Crippen MR) is 373 cm³/mol. The Bertz CT molecular complexity index is 4180. The quantitative estimate of drug-likeness (QED) is 0.0884. The molecule has 7 aromatic rings. The number of pyridine rings is 1. The van der Waals surface area contributed by atoms with Gasteiger partial charge >= 0.3 is 0 Å². The molecule has 6 aromatic carbocycles. The highest BCUT2D eigenvalue weighted by Crippen LogP contribution is 2.27. The monoisotopic (exact) mass is 1430 g/mol. The van der Waals surface area contributed by atoms with E-state index in [-0.39, 0.29) is 173 Å². The molecule has 0 atom stereocenters. The lowest BCUT2D eigenvalue weighted by atomic mass is 10.2. The van der Waals surface area contributed by atoms with E-state index in [1.807, 2.05) is 58.6 Å². The van der Waals surface area contributed by atoms with Crippen LogP contribution in [0.5, 0.6) is 0 Å². The van der Waals surface area contributed by atoms with Crippen LogP contribution in [0.1, 0.15) is 70.3 Å². The molecule has 0 radical (unpaired) electrons. The molecule has 518 valence electrons. The van der Waals surface area contributed by atoms with Gasteiger partial charge in [0.15, 0.2) is 0 Å². The summed E-state index contributed by atoms with van der Waals surface area (Å²) in [5.74, 6) is 0. The van der Waals surface area contributed by atoms with E-state index in [9.17, 15) is 50.5 Å². The fraction of sp³-hybridized carbons (Fsp3) is 0.406. The minimum absolute atomic E-state index is 0.00174. The second kappa shape index (κ2) is 32.2. The lowest BCUT2D eigenvalue weighted by molar-refractivity contribution is 0.220. The maximum atomic E-state index is 14.7. The molecule has 2 aliphatic rings. The Morgan fingerprint density at radius 3 is 0.708 bits per heavy atom. The summed E-state index contributed by atoms with van der Waals surface area (Å²) in [5.41, 5.74) is 6.57. The summed E-state index contributed by atoms with van der Waals surface area (Å²) < 4.78 is 184. The van der Waals surface area contributed by atoms with Gasteiger partial charge in [0, 0.05) is 111 Å². The van der Waals surface area contributed by atoms with Gasteiger partial charge in [-0.2, -0.15) is 25.8 Å². The largest absolute Gasteiger partial charge is 0.298 e. The molecule has 3 heterocycles. The molecule has 21 nitrogen and oxygen atoms in total. The Labute approximate surface area is 570 Å². The zero-order chi connectivity index (χ0) is 69.1. The molecule has 9 rings (SSSR count). The van der Waals surface area contributed by atoms with E-state index in [1.165, 1.54) is 62.2 Å². The minimum atomic E-state index is -4.20. The average Bonchev–Trinajstić information content (AvgIpc) is 0.904. The van der Waals surface area contributed by atoms with Crippen LogP contribution in [0.3, 0.4) is 0 Å². The van der Waals surface area contributed by atoms with Crippen LogP contribution < -0.4 is 0 Å². The highest BCUT2D eigenvalue weighted by molar-refractivity contribution is 7.90. The summed E-state index contributed by atoms with van der Waals surface area (Å²) in [6.45, 7) is 11.3. The Hall–Kier alpha value is -6.15. The summed E-state index contributed by atoms with van der Waals surface area (Å²) in [4.78, 5) is 9.26. The zero-order valence-electron chi connectivity index (χ0n) is 55.5. The van der Waals surface area contributed by atoms with Crippen molar-refractivity contribution in [1.82, 2.24) is 40.6 Å². The molecule has 1 aromatic heterocycles. The third-order valence-electron chi connectivity index (χ3n) is 17.5. The van der Waals surface area contributed by atoms with Gasteiger partial charge in [-0.25, -0.2) is 50.5 Å². The van der Waals surface area contributed by atoms with Gasteiger partial charge in [-0.15, -0.1) is 0 Å². The van der Waals surface area contributed by atoms with Crippen LogP contribution >= 0.6 is 0 Å². The smallest absolute Gasteiger partial charge is 0.243 e. The molecule has 0 amide bonds. The molecule has 0 N–H and O–H groups in total. The second-order valence-electron chi connectivity index (χ2n) is 24.9. The summed E-state index contributed by atoms with van der Waals surface area (Å²) in [6.07, 6.45) is 2.35. The molecular weight excluding hydrogens is 1340 g/mol. The van der Waals surface area contributed by atoms with Gasteiger partial charge in [0.1, 0.15) is 0 Å². The Morgan fingerprint density at radius 1 is 0.260 bits per heavy atom. The molecule has 27 heteroatoms. The van der Waals surface area contributed by atoms with E-state index >= 15 is 0 Å². The molecular formula is C69H89N9O12S6. The van der Waals surface area contributed by atoms with Crippen LogP contribution in [0, 0.1) is 41.5 Å². The number of hydrogen-bond acceptors (Lipinski definition) is 15. The fourth-order valence-corrected chi connectivity index (χ4v) is 20.6. The van der Waals surface area contributed by atoms with Gasteiger partial charge in [-0.05, 0) is 171 Å². The van der Waals surface area contributed by atoms with Gasteiger partial charge in [-0.1, -0.05) is 106 Å². The standard InChI is InChI=1S/C69H89N9O12S6/c1-56-11-23-64(24-12-56)91(79,80)73-41-9-43-77(95(87,88)68-31-19-60(5)20-32-68)51-49-75(93(83,84)66-27-15-58(3)16-28-66)39-7-37-71(45-47-73)54-62-35-36-70-63(53-62)55-72-38-8-40-76(94(85,86)67-29-17-59(4)18-30-67)50-52-78(96(89,90)69-33-21-61(6)22-34-69)44-10-42-74(48-46-72)92(81,82)65-25-13-57(2)14-26-65/h11-36,53H,7-10,37-52,54-55H2,1-6H3. The van der Waals surface area contributed by atoms with Gasteiger partial charge in [0.25, 0.3) is 0 Å². The van der Waals surface area contributed by atoms with E-state index in [2.05, 4.69) is 4.90 Å². The van der Waals surface area contributed by atoms with Crippen LogP contribution in [-0.2, 0) is 73.2 Å². The molecule has 0 aliphatic carbocycles. The Morgan fingerprint density at radius 2 is 0.469 bits per heavy atom. The molecule has 0 saturated carbocycles. The van der Waals surface area contributed by atoms with E-state index in [4.69, 9.17) is 4.98 Å². The lowest BCUT2D eigenvalue weighted by Crippen LogP contribution is -2.45. The maximum Gasteiger partial charge on any atom is 0.243 e. The molecule has 2 aliphatic heterocycles. The minimum Gasteiger partial charge on any atom is -0.298 e. The van der Waals surface area contributed by atoms with Gasteiger partial charge in [-0.3, -0.25) is 14.8 Å². The number of hydrogen-bond donors (Lipinski definition) is 0. The molecule has 2 saturated heterocycles. The van der Waals surface area contributed by atoms with Crippen molar-refractivity contribution in [3.8, 4) is 0 Å². The number of aromatic nitrogens is 1. The Kier molecular flexibility index (Phi) is 24.9. The predicted octanol–water partition coefficient (Wildman–Crippen LogP) is 8.27. The highest BCUT2D eigenvalue weighted by Gasteiger charge is 2.34. The molecule has 0 bridgehead atoms. The van der Waals surface area contributed by atoms with Gasteiger partial charge in [0.2, 0.25) is 60.1 Å². The zero-order valence-corrected chi connectivity index (χ0v) is 60.4. The molecule has 0 unspecified atom stereocenters. The number of rotatable bonds is 16. The van der Waals surface area contributed by atoms with Crippen molar-refractivity contribution in [3.05, 3.63) is 209 Å². The molecule has 2 fully saturated rings. The number of benzene rings is 6. The number of sulfonamides is 6. The fourth-order valence-electron chi connectivity index (χ4n) is 11.7. The van der Waals surface area contributed by atoms with Gasteiger partial charge in [0.05, 0.1) is 35.1 Å².